The summed E-state index contributed by atoms with van der Waals surface area (Å²) in [4.78, 5) is 37.1. The topological polar surface area (TPSA) is 90.9 Å². The van der Waals surface area contributed by atoms with Crippen LogP contribution >= 0.6 is 11.8 Å². The van der Waals surface area contributed by atoms with E-state index < -0.39 is 16.1 Å². The van der Waals surface area contributed by atoms with Gasteiger partial charge in [0.05, 0.1) is 32.8 Å². The molecule has 1 atom stereocenters. The van der Waals surface area contributed by atoms with Crippen LogP contribution in [0.1, 0.15) is 49.7 Å². The lowest BCUT2D eigenvalue weighted by molar-refractivity contribution is -0.384. The van der Waals surface area contributed by atoms with Crippen LogP contribution in [0.4, 0.5) is 5.69 Å². The molecule has 1 aliphatic heterocycles. The number of thioether (sulfide) groups is 1. The lowest BCUT2D eigenvalue weighted by Crippen LogP contribution is -2.10. The molecule has 0 radical (unpaired) electrons. The number of ether oxygens (including phenoxy) is 1. The van der Waals surface area contributed by atoms with Gasteiger partial charge < -0.3 is 9.14 Å². The zero-order chi connectivity index (χ0) is 20.9. The third-order valence-electron chi connectivity index (χ3n) is 4.91. The number of aromatic nitrogens is 1. The first-order chi connectivity index (χ1) is 13.8. The van der Waals surface area contributed by atoms with Gasteiger partial charge in [-0.1, -0.05) is 18.2 Å². The second kappa shape index (κ2) is 7.04. The molecule has 4 rings (SSSR count). The van der Waals surface area contributed by atoms with Crippen molar-refractivity contribution in [2.75, 3.05) is 6.61 Å². The molecule has 0 bridgehead atoms. The highest BCUT2D eigenvalue weighted by atomic mass is 32.2. The monoisotopic (exact) mass is 410 g/mol. The maximum atomic E-state index is 13.3. The molecular weight excluding hydrogens is 392 g/mol. The van der Waals surface area contributed by atoms with Gasteiger partial charge in [-0.3, -0.25) is 14.9 Å². The molecule has 0 aliphatic carbocycles. The smallest absolute Gasteiger partial charge is 0.356 e. The zero-order valence-electron chi connectivity index (χ0n) is 16.1. The summed E-state index contributed by atoms with van der Waals surface area (Å²) >= 11 is 1.29. The SMILES string of the molecule is CCOC(=O)c1c2c(c3c(C)cc(C)cn13)C(=O)C(c1ccc([N+](=O)[O-])cc1)S2. The molecule has 1 unspecified atom stereocenters. The summed E-state index contributed by atoms with van der Waals surface area (Å²) in [5.74, 6) is -0.586. The Balaban J connectivity index is 1.87. The van der Waals surface area contributed by atoms with Crippen molar-refractivity contribution in [1.29, 1.82) is 0 Å². The van der Waals surface area contributed by atoms with E-state index in [0.717, 1.165) is 11.1 Å². The highest BCUT2D eigenvalue weighted by Gasteiger charge is 2.40. The van der Waals surface area contributed by atoms with E-state index in [4.69, 9.17) is 4.74 Å². The van der Waals surface area contributed by atoms with Crippen molar-refractivity contribution in [3.63, 3.8) is 0 Å². The van der Waals surface area contributed by atoms with Crippen LogP contribution in [0.2, 0.25) is 0 Å². The Morgan fingerprint density at radius 2 is 1.97 bits per heavy atom. The van der Waals surface area contributed by atoms with E-state index in [1.807, 2.05) is 26.1 Å². The predicted molar refractivity (Wildman–Crippen MR) is 109 cm³/mol. The van der Waals surface area contributed by atoms with Crippen LogP contribution < -0.4 is 0 Å². The molecular formula is C21H18N2O5S. The molecule has 0 fully saturated rings. The number of Topliss-reactive ketones (excluding diaryl/α,β-unsaturated/α-hetero) is 1. The lowest BCUT2D eigenvalue weighted by atomic mass is 10.0. The molecule has 1 aliphatic rings. The number of pyridine rings is 1. The third kappa shape index (κ3) is 3.00. The molecule has 3 aromatic rings. The van der Waals surface area contributed by atoms with Crippen molar-refractivity contribution in [2.24, 2.45) is 0 Å². The third-order valence-corrected chi connectivity index (χ3v) is 6.26. The summed E-state index contributed by atoms with van der Waals surface area (Å²) in [7, 11) is 0. The van der Waals surface area contributed by atoms with Gasteiger partial charge in [-0.15, -0.1) is 11.8 Å². The molecule has 3 heterocycles. The van der Waals surface area contributed by atoms with Crippen LogP contribution in [0.5, 0.6) is 0 Å². The van der Waals surface area contributed by atoms with Crippen molar-refractivity contribution in [3.05, 3.63) is 74.6 Å². The summed E-state index contributed by atoms with van der Waals surface area (Å²) < 4.78 is 7.01. The van der Waals surface area contributed by atoms with Crippen LogP contribution in [-0.4, -0.2) is 27.7 Å². The largest absolute Gasteiger partial charge is 0.461 e. The van der Waals surface area contributed by atoms with Crippen LogP contribution in [0.25, 0.3) is 5.52 Å². The van der Waals surface area contributed by atoms with E-state index in [9.17, 15) is 19.7 Å². The minimum Gasteiger partial charge on any atom is -0.461 e. The quantitative estimate of drug-likeness (QED) is 0.353. The highest BCUT2D eigenvalue weighted by molar-refractivity contribution is 8.01. The summed E-state index contributed by atoms with van der Waals surface area (Å²) in [6.07, 6.45) is 1.83. The first-order valence-corrected chi connectivity index (χ1v) is 9.99. The number of carbonyl (C=O) groups is 2. The Hall–Kier alpha value is -3.13. The van der Waals surface area contributed by atoms with E-state index in [0.29, 0.717) is 27.2 Å². The molecule has 148 valence electrons. The number of fused-ring (bicyclic) bond motifs is 3. The van der Waals surface area contributed by atoms with E-state index in [1.54, 1.807) is 23.5 Å². The first-order valence-electron chi connectivity index (χ1n) is 9.11. The second-order valence-corrected chi connectivity index (χ2v) is 8.02. The Labute approximate surface area is 170 Å². The number of hydrogen-bond donors (Lipinski definition) is 0. The first kappa shape index (κ1) is 19.2. The number of ketones is 1. The standard InChI is InChI=1S/C21H18N2O5S/c1-4-28-21(25)17-20-15(16-12(3)9-11(2)10-22(16)17)18(24)19(29-20)13-5-7-14(8-6-13)23(26)27/h5-10,19H,4H2,1-3H3. The van der Waals surface area contributed by atoms with Crippen molar-refractivity contribution in [3.8, 4) is 0 Å². The van der Waals surface area contributed by atoms with Crippen LogP contribution in [-0.2, 0) is 4.74 Å². The van der Waals surface area contributed by atoms with E-state index in [-0.39, 0.29) is 18.1 Å². The normalized spacial score (nSPS) is 15.6. The van der Waals surface area contributed by atoms with Crippen LogP contribution in [0, 0.1) is 24.0 Å². The molecule has 29 heavy (non-hydrogen) atoms. The van der Waals surface area contributed by atoms with Gasteiger partial charge in [0.15, 0.2) is 5.78 Å². The summed E-state index contributed by atoms with van der Waals surface area (Å²) in [5, 5.41) is 10.4. The number of carbonyl (C=O) groups excluding carboxylic acids is 2. The molecule has 8 heteroatoms. The van der Waals surface area contributed by atoms with Crippen molar-refractivity contribution < 1.29 is 19.2 Å². The summed E-state index contributed by atoms with van der Waals surface area (Å²) in [6, 6.07) is 7.94. The fourth-order valence-corrected chi connectivity index (χ4v) is 5.12. The molecule has 0 N–H and O–H groups in total. The number of non-ortho nitro benzene ring substituents is 1. The van der Waals surface area contributed by atoms with Crippen LogP contribution in [0.15, 0.2) is 41.4 Å². The summed E-state index contributed by atoms with van der Waals surface area (Å²) in [6.45, 7) is 5.81. The number of hydrogen-bond acceptors (Lipinski definition) is 6. The second-order valence-electron chi connectivity index (χ2n) is 6.90. The number of esters is 1. The van der Waals surface area contributed by atoms with Gasteiger partial charge in [0.1, 0.15) is 5.69 Å². The maximum Gasteiger partial charge on any atom is 0.356 e. The molecule has 0 amide bonds. The minimum absolute atomic E-state index is 0.0318. The number of aryl methyl sites for hydroxylation is 2. The Morgan fingerprint density at radius 1 is 1.28 bits per heavy atom. The van der Waals surface area contributed by atoms with Crippen molar-refractivity contribution in [2.45, 2.75) is 30.9 Å². The highest BCUT2D eigenvalue weighted by Crippen LogP contribution is 2.51. The van der Waals surface area contributed by atoms with Gasteiger partial charge in [0.25, 0.3) is 5.69 Å². The Bertz CT molecular complexity index is 1180. The predicted octanol–water partition coefficient (Wildman–Crippen LogP) is 4.67. The fourth-order valence-electron chi connectivity index (χ4n) is 3.76. The van der Waals surface area contributed by atoms with Gasteiger partial charge >= 0.3 is 5.97 Å². The molecule has 0 saturated carbocycles. The Morgan fingerprint density at radius 3 is 2.59 bits per heavy atom. The molecule has 2 aromatic heterocycles. The number of benzene rings is 1. The average molecular weight is 410 g/mol. The van der Waals surface area contributed by atoms with Gasteiger partial charge in [-0.25, -0.2) is 4.79 Å². The van der Waals surface area contributed by atoms with Crippen molar-refractivity contribution in [1.82, 2.24) is 4.40 Å². The van der Waals surface area contributed by atoms with Crippen LogP contribution in [0.3, 0.4) is 0 Å². The zero-order valence-corrected chi connectivity index (χ0v) is 16.9. The maximum absolute atomic E-state index is 13.3. The number of nitro groups is 1. The summed E-state index contributed by atoms with van der Waals surface area (Å²) in [5.41, 5.74) is 4.07. The van der Waals surface area contributed by atoms with Gasteiger partial charge in [0, 0.05) is 18.3 Å². The lowest BCUT2D eigenvalue weighted by Gasteiger charge is -2.12. The molecule has 0 saturated heterocycles. The van der Waals surface area contributed by atoms with Crippen molar-refractivity contribution >= 4 is 34.7 Å². The minimum atomic E-state index is -0.556. The number of nitrogens with zero attached hydrogens (tertiary/aromatic N) is 2. The molecule has 0 spiro atoms. The van der Waals surface area contributed by atoms with E-state index >= 15 is 0 Å². The number of rotatable bonds is 4. The van der Waals surface area contributed by atoms with E-state index in [2.05, 4.69) is 0 Å². The van der Waals surface area contributed by atoms with Gasteiger partial charge in [-0.2, -0.15) is 0 Å². The fraction of sp³-hybridized carbons (Fsp3) is 0.238. The van der Waals surface area contributed by atoms with E-state index in [1.165, 1.54) is 23.9 Å². The van der Waals surface area contributed by atoms with Gasteiger partial charge in [-0.05, 0) is 37.5 Å². The molecule has 1 aromatic carbocycles. The van der Waals surface area contributed by atoms with Gasteiger partial charge in [0.2, 0.25) is 0 Å². The average Bonchev–Trinajstić information content (AvgIpc) is 3.16. The molecule has 7 nitrogen and oxygen atoms in total. The number of nitro benzene ring substituents is 1. The Kier molecular flexibility index (Phi) is 4.66.